The predicted molar refractivity (Wildman–Crippen MR) is 166 cm³/mol. The van der Waals surface area contributed by atoms with Crippen molar-refractivity contribution in [2.75, 3.05) is 12.4 Å². The van der Waals surface area contributed by atoms with E-state index in [1.807, 2.05) is 55.5 Å². The maximum atomic E-state index is 13.5. The Balaban J connectivity index is 1.76. The van der Waals surface area contributed by atoms with Crippen molar-refractivity contribution in [3.05, 3.63) is 96.6 Å². The number of thiocarbonyl (C=S) groups is 1. The molecule has 4 rings (SSSR count). The number of pyridine rings is 1. The Bertz CT molecular complexity index is 1580. The number of unbranched alkanes of at least 4 members (excludes halogenated alkanes) is 1. The lowest BCUT2D eigenvalue weighted by Gasteiger charge is -2.20. The molecule has 2 heterocycles. The highest BCUT2D eigenvalue weighted by molar-refractivity contribution is 8.26. The first kappa shape index (κ1) is 29.4. The van der Waals surface area contributed by atoms with Crippen molar-refractivity contribution in [2.24, 2.45) is 0 Å². The molecule has 1 saturated heterocycles. The summed E-state index contributed by atoms with van der Waals surface area (Å²) in [7, 11) is 1.60. The number of carbonyl (C=O) groups excluding carboxylic acids is 1. The van der Waals surface area contributed by atoms with Crippen LogP contribution in [-0.2, 0) is 24.4 Å². The summed E-state index contributed by atoms with van der Waals surface area (Å²) in [5, 5.41) is 13.9. The minimum absolute atomic E-state index is 0.0550. The summed E-state index contributed by atoms with van der Waals surface area (Å²) in [6, 6.07) is 17.0. The van der Waals surface area contributed by atoms with Gasteiger partial charge in [-0.1, -0.05) is 79.3 Å². The van der Waals surface area contributed by atoms with Crippen molar-refractivity contribution < 1.29 is 9.53 Å². The van der Waals surface area contributed by atoms with E-state index in [0.29, 0.717) is 50.8 Å². The molecule has 0 radical (unpaired) electrons. The van der Waals surface area contributed by atoms with Crippen LogP contribution in [0.3, 0.4) is 0 Å². The molecule has 0 spiro atoms. The molecule has 1 aromatic heterocycles. The Morgan fingerprint density at radius 1 is 1.18 bits per heavy atom. The molecule has 1 fully saturated rings. The Morgan fingerprint density at radius 3 is 2.55 bits per heavy atom. The number of halogens is 1. The summed E-state index contributed by atoms with van der Waals surface area (Å²) in [6.07, 6.45) is 3.35. The minimum atomic E-state index is -0.362. The molecule has 0 atom stereocenters. The van der Waals surface area contributed by atoms with Gasteiger partial charge in [0.15, 0.2) is 0 Å². The summed E-state index contributed by atoms with van der Waals surface area (Å²) < 4.78 is 7.26. The molecule has 1 amide bonds. The van der Waals surface area contributed by atoms with E-state index in [9.17, 15) is 14.9 Å². The normalized spacial score (nSPS) is 14.1. The van der Waals surface area contributed by atoms with Crippen molar-refractivity contribution in [1.82, 2.24) is 9.47 Å². The fourth-order valence-corrected chi connectivity index (χ4v) is 5.82. The van der Waals surface area contributed by atoms with Gasteiger partial charge < -0.3 is 10.1 Å². The largest absolute Gasteiger partial charge is 0.497 e. The molecule has 1 aliphatic rings. The van der Waals surface area contributed by atoms with Gasteiger partial charge in [0.2, 0.25) is 0 Å². The molecule has 2 aromatic carbocycles. The van der Waals surface area contributed by atoms with Gasteiger partial charge in [-0.3, -0.25) is 19.1 Å². The zero-order valence-corrected chi connectivity index (χ0v) is 24.9. The molecule has 10 heteroatoms. The molecule has 7 nitrogen and oxygen atoms in total. The van der Waals surface area contributed by atoms with Crippen molar-refractivity contribution in [3.63, 3.8) is 0 Å². The highest BCUT2D eigenvalue weighted by atomic mass is 35.5. The van der Waals surface area contributed by atoms with Crippen molar-refractivity contribution in [3.8, 4) is 11.8 Å². The Morgan fingerprint density at radius 2 is 1.90 bits per heavy atom. The third kappa shape index (κ3) is 6.25. The summed E-state index contributed by atoms with van der Waals surface area (Å²) in [6.45, 7) is 4.87. The Hall–Kier alpha value is -3.58. The quantitative estimate of drug-likeness (QED) is 0.212. The van der Waals surface area contributed by atoms with Gasteiger partial charge in [-0.25, -0.2) is 0 Å². The smallest absolute Gasteiger partial charge is 0.270 e. The zero-order valence-electron chi connectivity index (χ0n) is 22.5. The SMILES string of the molecule is CCCCn1c(NCc2ccccc2Cl)c(/C=C2/SC(=S)N(Cc3ccc(OC)cc3)C2=O)c(C)c(C#N)c1=O. The number of hydrogen-bond donors (Lipinski definition) is 1. The molecule has 0 bridgehead atoms. The topological polar surface area (TPSA) is 87.4 Å². The lowest BCUT2D eigenvalue weighted by atomic mass is 10.0. The molecule has 0 unspecified atom stereocenters. The molecule has 3 aromatic rings. The van der Waals surface area contributed by atoms with E-state index in [-0.39, 0.29) is 17.0 Å². The number of carbonyl (C=O) groups is 1. The molecular formula is C30H29ClN4O3S2. The highest BCUT2D eigenvalue weighted by Crippen LogP contribution is 2.36. The van der Waals surface area contributed by atoms with E-state index >= 15 is 0 Å². The van der Waals surface area contributed by atoms with Gasteiger partial charge in [0, 0.05) is 23.7 Å². The van der Waals surface area contributed by atoms with E-state index in [0.717, 1.165) is 29.7 Å². The average molecular weight is 593 g/mol. The number of aromatic nitrogens is 1. The fourth-order valence-electron chi connectivity index (χ4n) is 4.38. The zero-order chi connectivity index (χ0) is 28.8. The standard InChI is InChI=1S/C30H29ClN4O3S2/c1-4-5-14-34-27(33-17-21-8-6-7-9-25(21)31)23(19(2)24(16-32)28(34)36)15-26-29(37)35(30(39)40-26)18-20-10-12-22(38-3)13-11-20/h6-13,15,33H,4-5,14,17-18H2,1-3H3/b26-15+. The van der Waals surface area contributed by atoms with Crippen LogP contribution in [0.25, 0.3) is 6.08 Å². The monoisotopic (exact) mass is 592 g/mol. The number of thioether (sulfide) groups is 1. The molecule has 40 heavy (non-hydrogen) atoms. The lowest BCUT2D eigenvalue weighted by Crippen LogP contribution is -2.28. The third-order valence-electron chi connectivity index (χ3n) is 6.66. The van der Waals surface area contributed by atoms with Gasteiger partial charge in [0.05, 0.1) is 18.6 Å². The number of nitrogens with one attached hydrogen (secondary N) is 1. The number of hydrogen-bond acceptors (Lipinski definition) is 7. The van der Waals surface area contributed by atoms with Gasteiger partial charge in [-0.05, 0) is 54.3 Å². The molecular weight excluding hydrogens is 564 g/mol. The first-order valence-corrected chi connectivity index (χ1v) is 14.4. The van der Waals surface area contributed by atoms with E-state index < -0.39 is 0 Å². The van der Waals surface area contributed by atoms with Crippen LogP contribution in [0.5, 0.6) is 5.75 Å². The van der Waals surface area contributed by atoms with Crippen molar-refractivity contribution in [2.45, 2.75) is 46.3 Å². The fraction of sp³-hybridized carbons (Fsp3) is 0.267. The van der Waals surface area contributed by atoms with Crippen LogP contribution in [0.4, 0.5) is 5.82 Å². The van der Waals surface area contributed by atoms with Gasteiger partial charge in [-0.2, -0.15) is 5.26 Å². The van der Waals surface area contributed by atoms with Crippen LogP contribution in [0.1, 0.15) is 47.6 Å². The number of rotatable bonds is 10. The van der Waals surface area contributed by atoms with Gasteiger partial charge >= 0.3 is 0 Å². The second-order valence-corrected chi connectivity index (χ2v) is 11.3. The molecule has 0 aliphatic carbocycles. The first-order valence-electron chi connectivity index (χ1n) is 12.8. The number of benzene rings is 2. The summed E-state index contributed by atoms with van der Waals surface area (Å²) in [5.74, 6) is 1.04. The Kier molecular flexibility index (Phi) is 9.69. The lowest BCUT2D eigenvalue weighted by molar-refractivity contribution is -0.122. The Labute approximate surface area is 248 Å². The average Bonchev–Trinajstić information content (AvgIpc) is 3.21. The van der Waals surface area contributed by atoms with Crippen LogP contribution in [-0.4, -0.2) is 26.8 Å². The van der Waals surface area contributed by atoms with Crippen LogP contribution in [0.15, 0.2) is 58.2 Å². The van der Waals surface area contributed by atoms with Crippen LogP contribution < -0.4 is 15.6 Å². The number of nitrogens with zero attached hydrogens (tertiary/aromatic N) is 3. The van der Waals surface area contributed by atoms with Crippen LogP contribution >= 0.6 is 35.6 Å². The van der Waals surface area contributed by atoms with E-state index in [1.54, 1.807) is 29.6 Å². The van der Waals surface area contributed by atoms with E-state index in [4.69, 9.17) is 28.6 Å². The number of nitriles is 1. The van der Waals surface area contributed by atoms with E-state index in [2.05, 4.69) is 11.4 Å². The maximum Gasteiger partial charge on any atom is 0.270 e. The number of anilines is 1. The summed E-state index contributed by atoms with van der Waals surface area (Å²) >= 11 is 13.2. The highest BCUT2D eigenvalue weighted by Gasteiger charge is 2.33. The van der Waals surface area contributed by atoms with Crippen molar-refractivity contribution >= 4 is 57.7 Å². The summed E-state index contributed by atoms with van der Waals surface area (Å²) in [5.41, 5.74) is 2.57. The second-order valence-electron chi connectivity index (χ2n) is 9.25. The second kappa shape index (κ2) is 13.2. The van der Waals surface area contributed by atoms with Gasteiger partial charge in [-0.15, -0.1) is 0 Å². The van der Waals surface area contributed by atoms with Crippen molar-refractivity contribution in [1.29, 1.82) is 5.26 Å². The molecule has 0 saturated carbocycles. The number of methoxy groups -OCH3 is 1. The van der Waals surface area contributed by atoms with Gasteiger partial charge in [0.1, 0.15) is 27.5 Å². The first-order chi connectivity index (χ1) is 19.3. The summed E-state index contributed by atoms with van der Waals surface area (Å²) in [4.78, 5) is 28.9. The molecule has 1 N–H and O–H groups in total. The molecule has 1 aliphatic heterocycles. The van der Waals surface area contributed by atoms with E-state index in [1.165, 1.54) is 11.8 Å². The van der Waals surface area contributed by atoms with Crippen LogP contribution in [0.2, 0.25) is 5.02 Å². The minimum Gasteiger partial charge on any atom is -0.497 e. The third-order valence-corrected chi connectivity index (χ3v) is 8.41. The predicted octanol–water partition coefficient (Wildman–Crippen LogP) is 6.50. The molecule has 206 valence electrons. The number of ether oxygens (including phenoxy) is 1. The van der Waals surface area contributed by atoms with Crippen LogP contribution in [0, 0.1) is 18.3 Å². The number of amides is 1. The van der Waals surface area contributed by atoms with Gasteiger partial charge in [0.25, 0.3) is 11.5 Å². The maximum absolute atomic E-state index is 13.5.